The van der Waals surface area contributed by atoms with Crippen molar-refractivity contribution < 1.29 is 9.18 Å². The number of guanidine groups is 1. The molecule has 3 N–H and O–H groups in total. The lowest BCUT2D eigenvalue weighted by molar-refractivity contribution is -0.120. The summed E-state index contributed by atoms with van der Waals surface area (Å²) in [4.78, 5) is 16.2. The molecule has 0 aliphatic heterocycles. The predicted molar refractivity (Wildman–Crippen MR) is 117 cm³/mol. The normalized spacial score (nSPS) is 11.5. The first-order valence-corrected chi connectivity index (χ1v) is 8.94. The molecule has 26 heavy (non-hydrogen) atoms. The Balaban J connectivity index is 0.00000625. The number of amides is 1. The van der Waals surface area contributed by atoms with E-state index in [1.54, 1.807) is 12.1 Å². The molecule has 0 radical (unpaired) electrons. The summed E-state index contributed by atoms with van der Waals surface area (Å²) in [6, 6.07) is 6.62. The molecule has 1 aromatic rings. The maximum atomic E-state index is 13.4. The largest absolute Gasteiger partial charge is 0.357 e. The minimum Gasteiger partial charge on any atom is -0.357 e. The number of aliphatic imine (C=N–C) groups is 1. The summed E-state index contributed by atoms with van der Waals surface area (Å²) in [6.07, 6.45) is 1.33. The van der Waals surface area contributed by atoms with Crippen molar-refractivity contribution in [3.8, 4) is 0 Å². The Morgan fingerprint density at radius 2 is 1.88 bits per heavy atom. The van der Waals surface area contributed by atoms with Crippen molar-refractivity contribution in [1.29, 1.82) is 0 Å². The number of rotatable bonds is 9. The Kier molecular flexibility index (Phi) is 12.2. The predicted octanol–water partition coefficient (Wildman–Crippen LogP) is 3.19. The molecular weight excluding hydrogens is 446 g/mol. The quantitative estimate of drug-likeness (QED) is 0.290. The van der Waals surface area contributed by atoms with Crippen LogP contribution in [-0.2, 0) is 10.2 Å². The second-order valence-electron chi connectivity index (χ2n) is 6.62. The van der Waals surface area contributed by atoms with Crippen molar-refractivity contribution >= 4 is 35.8 Å². The van der Waals surface area contributed by atoms with Gasteiger partial charge in [0.25, 0.3) is 0 Å². The molecule has 0 saturated heterocycles. The van der Waals surface area contributed by atoms with Gasteiger partial charge in [-0.15, -0.1) is 24.0 Å². The van der Waals surface area contributed by atoms with Gasteiger partial charge in [-0.3, -0.25) is 9.79 Å². The molecule has 1 rings (SSSR count). The van der Waals surface area contributed by atoms with Crippen LogP contribution in [0.15, 0.2) is 29.3 Å². The van der Waals surface area contributed by atoms with E-state index in [1.807, 2.05) is 33.8 Å². The van der Waals surface area contributed by atoms with E-state index in [0.717, 1.165) is 18.5 Å². The number of nitrogens with zero attached hydrogens (tertiary/aromatic N) is 1. The third kappa shape index (κ3) is 9.35. The standard InChI is InChI=1S/C19H31FN4O.HI/c1-5-11-22-17(25)10-12-23-18(21-6-2)24-14-19(3,4)15-8-7-9-16(20)13-15;/h7-9,13H,5-6,10-12,14H2,1-4H3,(H,22,25)(H2,21,23,24);1H. The van der Waals surface area contributed by atoms with Crippen LogP contribution in [0.25, 0.3) is 0 Å². The van der Waals surface area contributed by atoms with Gasteiger partial charge in [0.2, 0.25) is 5.91 Å². The van der Waals surface area contributed by atoms with Gasteiger partial charge >= 0.3 is 0 Å². The SMILES string of the molecule is CCCNC(=O)CCNC(=NCC(C)(C)c1cccc(F)c1)NCC.I. The van der Waals surface area contributed by atoms with Crippen molar-refractivity contribution in [2.75, 3.05) is 26.2 Å². The van der Waals surface area contributed by atoms with Crippen LogP contribution in [0.5, 0.6) is 0 Å². The Labute approximate surface area is 173 Å². The summed E-state index contributed by atoms with van der Waals surface area (Å²) in [5.74, 6) is 0.457. The maximum Gasteiger partial charge on any atom is 0.221 e. The number of carbonyl (C=O) groups excluding carboxylic acids is 1. The molecule has 0 aromatic heterocycles. The molecule has 1 aromatic carbocycles. The van der Waals surface area contributed by atoms with E-state index in [9.17, 15) is 9.18 Å². The molecule has 0 atom stereocenters. The molecule has 0 spiro atoms. The minimum atomic E-state index is -0.289. The molecule has 0 aliphatic rings. The fraction of sp³-hybridized carbons (Fsp3) is 0.579. The van der Waals surface area contributed by atoms with E-state index in [0.29, 0.717) is 32.0 Å². The highest BCUT2D eigenvalue weighted by Crippen LogP contribution is 2.24. The maximum absolute atomic E-state index is 13.4. The summed E-state index contributed by atoms with van der Waals surface area (Å²) < 4.78 is 13.4. The fourth-order valence-corrected chi connectivity index (χ4v) is 2.27. The third-order valence-electron chi connectivity index (χ3n) is 3.80. The second kappa shape index (κ2) is 12.9. The van der Waals surface area contributed by atoms with Crippen LogP contribution in [0.4, 0.5) is 4.39 Å². The lowest BCUT2D eigenvalue weighted by Crippen LogP contribution is -2.40. The second-order valence-corrected chi connectivity index (χ2v) is 6.62. The topological polar surface area (TPSA) is 65.5 Å². The average molecular weight is 478 g/mol. The van der Waals surface area contributed by atoms with Gasteiger partial charge in [0, 0.05) is 31.5 Å². The van der Waals surface area contributed by atoms with Gasteiger partial charge in [-0.25, -0.2) is 4.39 Å². The van der Waals surface area contributed by atoms with Crippen molar-refractivity contribution in [2.45, 2.75) is 46.0 Å². The lowest BCUT2D eigenvalue weighted by atomic mass is 9.85. The smallest absolute Gasteiger partial charge is 0.221 e. The van der Waals surface area contributed by atoms with E-state index in [-0.39, 0.29) is 41.1 Å². The molecule has 5 nitrogen and oxygen atoms in total. The van der Waals surface area contributed by atoms with Gasteiger partial charge < -0.3 is 16.0 Å². The number of halogens is 2. The van der Waals surface area contributed by atoms with Crippen molar-refractivity contribution in [3.05, 3.63) is 35.6 Å². The molecule has 0 bridgehead atoms. The zero-order valence-corrected chi connectivity index (χ0v) is 18.5. The van der Waals surface area contributed by atoms with Gasteiger partial charge in [0.05, 0.1) is 6.54 Å². The molecule has 0 unspecified atom stereocenters. The average Bonchev–Trinajstić information content (AvgIpc) is 2.58. The Morgan fingerprint density at radius 3 is 2.50 bits per heavy atom. The van der Waals surface area contributed by atoms with Crippen LogP contribution in [0.2, 0.25) is 0 Å². The van der Waals surface area contributed by atoms with E-state index in [1.165, 1.54) is 6.07 Å². The summed E-state index contributed by atoms with van der Waals surface area (Å²) >= 11 is 0. The Bertz CT molecular complexity index is 578. The summed E-state index contributed by atoms with van der Waals surface area (Å²) in [5.41, 5.74) is 0.620. The molecular formula is C19H32FIN4O. The molecule has 0 saturated carbocycles. The minimum absolute atomic E-state index is 0. The lowest BCUT2D eigenvalue weighted by Gasteiger charge is -2.24. The summed E-state index contributed by atoms with van der Waals surface area (Å²) in [5, 5.41) is 9.18. The highest BCUT2D eigenvalue weighted by Gasteiger charge is 2.21. The first-order valence-electron chi connectivity index (χ1n) is 8.94. The van der Waals surface area contributed by atoms with Crippen molar-refractivity contribution in [3.63, 3.8) is 0 Å². The van der Waals surface area contributed by atoms with E-state index >= 15 is 0 Å². The van der Waals surface area contributed by atoms with Crippen LogP contribution < -0.4 is 16.0 Å². The van der Waals surface area contributed by atoms with Gasteiger partial charge in [0.15, 0.2) is 5.96 Å². The monoisotopic (exact) mass is 478 g/mol. The number of benzene rings is 1. The molecule has 148 valence electrons. The zero-order chi connectivity index (χ0) is 18.7. The molecule has 1 amide bonds. The first kappa shape index (κ1) is 24.6. The van der Waals surface area contributed by atoms with Crippen LogP contribution in [0, 0.1) is 5.82 Å². The van der Waals surface area contributed by atoms with E-state index < -0.39 is 0 Å². The van der Waals surface area contributed by atoms with E-state index in [4.69, 9.17) is 0 Å². The van der Waals surface area contributed by atoms with E-state index in [2.05, 4.69) is 20.9 Å². The van der Waals surface area contributed by atoms with Gasteiger partial charge in [0.1, 0.15) is 5.82 Å². The van der Waals surface area contributed by atoms with Crippen molar-refractivity contribution in [1.82, 2.24) is 16.0 Å². The number of hydrogen-bond acceptors (Lipinski definition) is 2. The van der Waals surface area contributed by atoms with Crippen molar-refractivity contribution in [2.24, 2.45) is 4.99 Å². The fourth-order valence-electron chi connectivity index (χ4n) is 2.27. The highest BCUT2D eigenvalue weighted by atomic mass is 127. The number of hydrogen-bond donors (Lipinski definition) is 3. The zero-order valence-electron chi connectivity index (χ0n) is 16.2. The summed E-state index contributed by atoms with van der Waals surface area (Å²) in [6.45, 7) is 10.5. The third-order valence-corrected chi connectivity index (χ3v) is 3.80. The molecule has 0 fully saturated rings. The molecule has 7 heteroatoms. The first-order chi connectivity index (χ1) is 11.9. The Hall–Kier alpha value is -1.38. The molecule has 0 aliphatic carbocycles. The van der Waals surface area contributed by atoms with Crippen LogP contribution in [0.1, 0.15) is 46.1 Å². The highest BCUT2D eigenvalue weighted by molar-refractivity contribution is 14.0. The number of nitrogens with one attached hydrogen (secondary N) is 3. The summed E-state index contributed by atoms with van der Waals surface area (Å²) in [7, 11) is 0. The van der Waals surface area contributed by atoms with Gasteiger partial charge in [-0.2, -0.15) is 0 Å². The van der Waals surface area contributed by atoms with Crippen LogP contribution >= 0.6 is 24.0 Å². The molecule has 0 heterocycles. The van der Waals surface area contributed by atoms with Gasteiger partial charge in [-0.1, -0.05) is 32.9 Å². The van der Waals surface area contributed by atoms with Gasteiger partial charge in [-0.05, 0) is 31.0 Å². The van der Waals surface area contributed by atoms with Crippen LogP contribution in [-0.4, -0.2) is 38.0 Å². The Morgan fingerprint density at radius 1 is 1.15 bits per heavy atom. The van der Waals surface area contributed by atoms with Crippen LogP contribution in [0.3, 0.4) is 0 Å². The number of carbonyl (C=O) groups is 1.